The quantitative estimate of drug-likeness (QED) is 0.0367. The van der Waals surface area contributed by atoms with Crippen molar-refractivity contribution in [1.29, 1.82) is 0 Å². The fourth-order valence-corrected chi connectivity index (χ4v) is 7.07. The number of aliphatic carboxylic acids is 2. The molecule has 1 saturated heterocycles. The van der Waals surface area contributed by atoms with Gasteiger partial charge in [0.15, 0.2) is 47.3 Å². The summed E-state index contributed by atoms with van der Waals surface area (Å²) in [5.41, 5.74) is 15.6. The van der Waals surface area contributed by atoms with E-state index in [1.165, 1.54) is 31.0 Å². The van der Waals surface area contributed by atoms with E-state index in [2.05, 4.69) is 25.6 Å². The molecular formula is C29H30N11O8S2+. The Hall–Kier alpha value is -5.96. The van der Waals surface area contributed by atoms with E-state index in [1.807, 2.05) is 33.7 Å². The number of thiazole rings is 1. The maximum atomic E-state index is 13.4. The lowest BCUT2D eigenvalue weighted by Crippen LogP contribution is -2.71. The van der Waals surface area contributed by atoms with Crippen LogP contribution in [-0.2, 0) is 37.1 Å². The van der Waals surface area contributed by atoms with Gasteiger partial charge in [-0.3, -0.25) is 14.5 Å². The number of nitrogens with zero attached hydrogens (tertiary/aromatic N) is 7. The minimum Gasteiger partial charge on any atom is -0.478 e. The summed E-state index contributed by atoms with van der Waals surface area (Å²) < 4.78 is 9.08. The number of β-lactam (4-membered cyclic amide) rings is 1. The number of pyridine rings is 1. The monoisotopic (exact) mass is 724 g/mol. The van der Waals surface area contributed by atoms with Crippen LogP contribution in [0.2, 0.25) is 0 Å². The van der Waals surface area contributed by atoms with Crippen molar-refractivity contribution in [2.45, 2.75) is 44.0 Å². The highest BCUT2D eigenvalue weighted by atomic mass is 32.2. The number of nitrogens with one attached hydrogen (secondary N) is 1. The maximum absolute atomic E-state index is 13.4. The van der Waals surface area contributed by atoms with Crippen molar-refractivity contribution < 1.29 is 43.3 Å². The number of hydrogen-bond donors (Lipinski definition) is 6. The number of carboxylic acids is 2. The van der Waals surface area contributed by atoms with Gasteiger partial charge in [-0.1, -0.05) is 10.3 Å². The molecule has 1 fully saturated rings. The van der Waals surface area contributed by atoms with Crippen molar-refractivity contribution in [3.05, 3.63) is 64.9 Å². The average Bonchev–Trinajstić information content (AvgIpc) is 3.79. The highest BCUT2D eigenvalue weighted by Gasteiger charge is 2.55. The zero-order valence-corrected chi connectivity index (χ0v) is 28.0. The molecule has 0 radical (unpaired) electrons. The second-order valence-corrected chi connectivity index (χ2v) is 13.6. The predicted octanol–water partition coefficient (Wildman–Crippen LogP) is -0.0686. The van der Waals surface area contributed by atoms with Gasteiger partial charge in [-0.25, -0.2) is 19.1 Å². The Morgan fingerprint density at radius 3 is 2.72 bits per heavy atom. The molecule has 2 amide bonds. The molecule has 0 aliphatic carbocycles. The van der Waals surface area contributed by atoms with E-state index in [0.29, 0.717) is 17.9 Å². The van der Waals surface area contributed by atoms with Gasteiger partial charge in [0.05, 0.1) is 17.4 Å². The number of hydrogen-bond acceptors (Lipinski definition) is 13. The first kappa shape index (κ1) is 33.9. The molecular weight excluding hydrogens is 695 g/mol. The maximum Gasteiger partial charge on any atom is 0.352 e. The Labute approximate surface area is 290 Å². The molecule has 260 valence electrons. The molecule has 0 unspecified atom stereocenters. The van der Waals surface area contributed by atoms with Crippen LogP contribution in [0.1, 0.15) is 25.3 Å². The molecule has 4 aromatic heterocycles. The molecule has 2 aliphatic heterocycles. The normalized spacial score (nSPS) is 17.7. The summed E-state index contributed by atoms with van der Waals surface area (Å²) in [4.78, 5) is 64.9. The molecule has 9 N–H and O–H groups in total. The molecule has 50 heavy (non-hydrogen) atoms. The topological polar surface area (TPSA) is 284 Å². The van der Waals surface area contributed by atoms with Crippen LogP contribution in [0.3, 0.4) is 0 Å². The molecule has 4 aromatic rings. The van der Waals surface area contributed by atoms with Gasteiger partial charge < -0.3 is 46.7 Å². The van der Waals surface area contributed by atoms with E-state index in [9.17, 15) is 29.4 Å². The minimum atomic E-state index is -1.78. The molecule has 0 aromatic carbocycles. The first-order valence-corrected chi connectivity index (χ1v) is 16.6. The van der Waals surface area contributed by atoms with Crippen molar-refractivity contribution in [2.24, 2.45) is 21.6 Å². The number of thioether (sulfide) groups is 1. The van der Waals surface area contributed by atoms with Crippen LogP contribution in [0.15, 0.2) is 68.1 Å². The first-order chi connectivity index (χ1) is 23.7. The smallest absolute Gasteiger partial charge is 0.352 e. The zero-order chi connectivity index (χ0) is 35.9. The van der Waals surface area contributed by atoms with Crippen molar-refractivity contribution in [3.8, 4) is 0 Å². The summed E-state index contributed by atoms with van der Waals surface area (Å²) in [7, 11) is 0. The minimum absolute atomic E-state index is 0.0128. The zero-order valence-electron chi connectivity index (χ0n) is 26.3. The average molecular weight is 725 g/mol. The Bertz CT molecular complexity index is 2130. The van der Waals surface area contributed by atoms with Crippen molar-refractivity contribution in [2.75, 3.05) is 11.5 Å². The Balaban J connectivity index is 1.18. The SMILES string of the molecule is CC(C)(O/N=C(\C(=O)N[C@@H]1C(=O)N2C(C(=O)O)=C(C[n+]3ccc4c(ccn4Cc4cc(N=C(N)N)no4)c3)CS[C@H]12)c1csc(N)n1)C(=O)O. The highest BCUT2D eigenvalue weighted by Crippen LogP contribution is 2.40. The number of carbonyl (C=O) groups excluding carboxylic acids is 2. The molecule has 2 aliphatic rings. The number of anilines is 1. The van der Waals surface area contributed by atoms with Gasteiger partial charge in [0.1, 0.15) is 22.8 Å². The lowest BCUT2D eigenvalue weighted by atomic mass is 10.0. The lowest BCUT2D eigenvalue weighted by molar-refractivity contribution is -0.687. The highest BCUT2D eigenvalue weighted by molar-refractivity contribution is 8.00. The summed E-state index contributed by atoms with van der Waals surface area (Å²) >= 11 is 2.31. The van der Waals surface area contributed by atoms with Crippen LogP contribution in [-0.4, -0.2) is 88.0 Å². The summed E-state index contributed by atoms with van der Waals surface area (Å²) in [6.07, 6.45) is 5.53. The molecule has 2 atom stereocenters. The number of rotatable bonds is 12. The number of carboxylic acid groups (broad SMARTS) is 2. The van der Waals surface area contributed by atoms with Crippen LogP contribution in [0.4, 0.5) is 10.9 Å². The van der Waals surface area contributed by atoms with E-state index in [1.54, 1.807) is 12.3 Å². The number of carbonyl (C=O) groups is 4. The number of nitrogens with two attached hydrogens (primary N) is 3. The molecule has 19 nitrogen and oxygen atoms in total. The predicted molar refractivity (Wildman–Crippen MR) is 179 cm³/mol. The van der Waals surface area contributed by atoms with Crippen LogP contribution in [0.25, 0.3) is 10.9 Å². The van der Waals surface area contributed by atoms with Crippen molar-refractivity contribution in [1.82, 2.24) is 24.9 Å². The Morgan fingerprint density at radius 2 is 2.04 bits per heavy atom. The molecule has 0 bridgehead atoms. The van der Waals surface area contributed by atoms with Gasteiger partial charge in [-0.2, -0.15) is 4.99 Å². The van der Waals surface area contributed by atoms with E-state index >= 15 is 0 Å². The van der Waals surface area contributed by atoms with Crippen LogP contribution < -0.4 is 27.1 Å². The largest absolute Gasteiger partial charge is 0.478 e. The fraction of sp³-hybridized carbons (Fsp3) is 0.276. The fourth-order valence-electron chi connectivity index (χ4n) is 5.19. The molecule has 0 saturated carbocycles. The molecule has 6 heterocycles. The molecule has 0 spiro atoms. The molecule has 6 rings (SSSR count). The lowest BCUT2D eigenvalue weighted by Gasteiger charge is -2.49. The number of nitrogen functional groups attached to an aromatic ring is 1. The van der Waals surface area contributed by atoms with Crippen molar-refractivity contribution >= 4 is 80.4 Å². The van der Waals surface area contributed by atoms with E-state index < -0.39 is 46.5 Å². The summed E-state index contributed by atoms with van der Waals surface area (Å²) in [5, 5.41) is 31.4. The van der Waals surface area contributed by atoms with E-state index in [4.69, 9.17) is 26.6 Å². The van der Waals surface area contributed by atoms with Crippen LogP contribution in [0.5, 0.6) is 0 Å². The number of aliphatic imine (C=N–C) groups is 1. The number of aromatic nitrogens is 4. The summed E-state index contributed by atoms with van der Waals surface area (Å²) in [6.45, 7) is 3.03. The third-order valence-corrected chi connectivity index (χ3v) is 9.67. The van der Waals surface area contributed by atoms with E-state index in [-0.39, 0.29) is 40.6 Å². The van der Waals surface area contributed by atoms with Gasteiger partial charge in [0, 0.05) is 35.0 Å². The third-order valence-electron chi connectivity index (χ3n) is 7.65. The van der Waals surface area contributed by atoms with Crippen molar-refractivity contribution in [3.63, 3.8) is 0 Å². The van der Waals surface area contributed by atoms with Crippen LogP contribution >= 0.6 is 23.1 Å². The van der Waals surface area contributed by atoms with Gasteiger partial charge in [-0.05, 0) is 19.9 Å². The second kappa shape index (κ2) is 13.2. The van der Waals surface area contributed by atoms with Gasteiger partial charge in [-0.15, -0.1) is 23.1 Å². The third kappa shape index (κ3) is 6.67. The number of oxime groups is 1. The number of guanidine groups is 1. The summed E-state index contributed by atoms with van der Waals surface area (Å²) in [6, 6.07) is 4.30. The first-order valence-electron chi connectivity index (χ1n) is 14.7. The number of fused-ring (bicyclic) bond motifs is 2. The number of amides is 2. The van der Waals surface area contributed by atoms with Gasteiger partial charge >= 0.3 is 11.9 Å². The second-order valence-electron chi connectivity index (χ2n) is 11.6. The molecule has 21 heteroatoms. The standard InChI is InChI=1S/C29H29N11O8S2/c1-29(2,26(45)46)48-37-19(16-12-50-28(32)33-16)22(41)35-20-23(42)40-21(25(43)44)14(11-49-24(20)40)9-38-5-4-17-13(8-38)3-6-39(17)10-15-7-18(36-47-15)34-27(30)31/h3-8,12,20,24H,9-11H2,1-2H3,(H8-,30,31,32,33,34,35,36,41,43,44,45,46)/p+1/b37-19-/t20-,24-/m1/s1. The van der Waals surface area contributed by atoms with Crippen LogP contribution in [0, 0.1) is 0 Å². The van der Waals surface area contributed by atoms with E-state index in [0.717, 1.165) is 27.1 Å². The summed E-state index contributed by atoms with van der Waals surface area (Å²) in [5.74, 6) is -3.22. The van der Waals surface area contributed by atoms with Gasteiger partial charge in [0.25, 0.3) is 11.8 Å². The van der Waals surface area contributed by atoms with Gasteiger partial charge in [0.2, 0.25) is 5.60 Å². The Kier molecular flexibility index (Phi) is 8.93. The Morgan fingerprint density at radius 1 is 1.26 bits per heavy atom.